The number of ether oxygens (including phenoxy) is 1. The van der Waals surface area contributed by atoms with Crippen LogP contribution in [0, 0.1) is 0 Å². The van der Waals surface area contributed by atoms with Crippen LogP contribution in [-0.2, 0) is 19.6 Å². The summed E-state index contributed by atoms with van der Waals surface area (Å²) < 4.78 is 59.6. The van der Waals surface area contributed by atoms with Crippen LogP contribution in [0.1, 0.15) is 30.1 Å². The highest BCUT2D eigenvalue weighted by atomic mass is 32.2. The Morgan fingerprint density at radius 3 is 2.32 bits per heavy atom. The first-order valence-electron chi connectivity index (χ1n) is 13.9. The zero-order valence-corrected chi connectivity index (χ0v) is 25.5. The Kier molecular flexibility index (Phi) is 9.27. The molecule has 0 aliphatic carbocycles. The van der Waals surface area contributed by atoms with E-state index in [1.165, 1.54) is 6.07 Å². The van der Waals surface area contributed by atoms with Crippen molar-refractivity contribution < 1.29 is 31.5 Å². The van der Waals surface area contributed by atoms with Gasteiger partial charge in [0, 0.05) is 50.4 Å². The number of piperidine rings is 1. The first kappa shape index (κ1) is 30.8. The third-order valence-corrected chi connectivity index (χ3v) is 11.9. The highest BCUT2D eigenvalue weighted by Crippen LogP contribution is 2.33. The minimum absolute atomic E-state index is 0.0772. The van der Waals surface area contributed by atoms with Gasteiger partial charge in [0.1, 0.15) is 0 Å². The molecule has 0 radical (unpaired) electrons. The van der Waals surface area contributed by atoms with E-state index in [1.54, 1.807) is 37.3 Å². The third-order valence-electron chi connectivity index (χ3n) is 7.55. The van der Waals surface area contributed by atoms with Crippen LogP contribution >= 0.6 is 0 Å². The number of carbonyl (C=O) groups is 2. The first-order chi connectivity index (χ1) is 19.3. The molecule has 2 aromatic carbocycles. The second-order valence-corrected chi connectivity index (χ2v) is 18.4. The summed E-state index contributed by atoms with van der Waals surface area (Å²) in [4.78, 5) is 29.3. The number of sulfonamides is 1. The Balaban J connectivity index is 1.56. The number of hydrogen-bond acceptors (Lipinski definition) is 7. The van der Waals surface area contributed by atoms with Crippen LogP contribution in [0.4, 0.5) is 31.5 Å². The van der Waals surface area contributed by atoms with Gasteiger partial charge in [-0.2, -0.15) is 0 Å². The van der Waals surface area contributed by atoms with Gasteiger partial charge in [0.2, 0.25) is 10.0 Å². The largest absolute Gasteiger partial charge is 0.465 e. The summed E-state index contributed by atoms with van der Waals surface area (Å²) in [7, 11) is -5.35. The second kappa shape index (κ2) is 12.4. The van der Waals surface area contributed by atoms with Gasteiger partial charge in [-0.25, -0.2) is 17.2 Å². The molecule has 0 bridgehead atoms. The van der Waals surface area contributed by atoms with Crippen LogP contribution in [0.25, 0.3) is 0 Å². The standard InChI is InChI=1S/C28H38F2N4O5SSi/c1-4-39-26(35)20-40(37,38)32-22-8-9-24(25(19-22)34-14-16-41(2,3)17-15-34)27(36)31-21-6-5-7-23(18-21)33-12-10-28(29,30)11-13-33/h5-9,18-19,32H,4,10-17,20H2,1-3H3,(H,31,36). The van der Waals surface area contributed by atoms with Gasteiger partial charge in [-0.15, -0.1) is 0 Å². The maximum Gasteiger partial charge on any atom is 0.323 e. The molecule has 9 nitrogen and oxygen atoms in total. The number of halogens is 2. The Morgan fingerprint density at radius 2 is 1.66 bits per heavy atom. The Bertz CT molecular complexity index is 1370. The summed E-state index contributed by atoms with van der Waals surface area (Å²) in [5, 5.41) is 2.93. The van der Waals surface area contributed by atoms with Gasteiger partial charge in [0.05, 0.1) is 31.6 Å². The number of nitrogens with zero attached hydrogens (tertiary/aromatic N) is 2. The number of rotatable bonds is 9. The molecule has 1 amide bonds. The average Bonchev–Trinajstić information content (AvgIpc) is 2.88. The fourth-order valence-corrected chi connectivity index (χ4v) is 8.00. The quantitative estimate of drug-likeness (QED) is 0.305. The van der Waals surface area contributed by atoms with Crippen LogP contribution in [-0.4, -0.2) is 72.8 Å². The van der Waals surface area contributed by atoms with Crippen molar-refractivity contribution in [3.05, 3.63) is 48.0 Å². The summed E-state index contributed by atoms with van der Waals surface area (Å²) >= 11 is 0. The minimum atomic E-state index is -4.01. The van der Waals surface area contributed by atoms with Gasteiger partial charge >= 0.3 is 5.97 Å². The molecule has 2 aromatic rings. The molecular formula is C28H38F2N4O5SSi. The van der Waals surface area contributed by atoms with Crippen LogP contribution in [0.15, 0.2) is 42.5 Å². The predicted molar refractivity (Wildman–Crippen MR) is 161 cm³/mol. The van der Waals surface area contributed by atoms with Crippen molar-refractivity contribution in [2.24, 2.45) is 0 Å². The third kappa shape index (κ3) is 8.41. The van der Waals surface area contributed by atoms with E-state index in [1.807, 2.05) is 11.0 Å². The van der Waals surface area contributed by atoms with Gasteiger partial charge in [-0.05, 0) is 55.4 Å². The van der Waals surface area contributed by atoms with E-state index in [0.717, 1.165) is 30.9 Å². The zero-order chi connectivity index (χ0) is 29.8. The predicted octanol–water partition coefficient (Wildman–Crippen LogP) is 5.01. The maximum atomic E-state index is 13.6. The zero-order valence-electron chi connectivity index (χ0n) is 23.7. The van der Waals surface area contributed by atoms with Crippen molar-refractivity contribution in [3.8, 4) is 0 Å². The number of carbonyl (C=O) groups excluding carboxylic acids is 2. The molecule has 0 aromatic heterocycles. The highest BCUT2D eigenvalue weighted by molar-refractivity contribution is 7.93. The summed E-state index contributed by atoms with van der Waals surface area (Å²) in [6, 6.07) is 13.9. The fourth-order valence-electron chi connectivity index (χ4n) is 5.05. The summed E-state index contributed by atoms with van der Waals surface area (Å²) in [6.07, 6.45) is -0.420. The number of anilines is 4. The van der Waals surface area contributed by atoms with Crippen molar-refractivity contribution in [3.63, 3.8) is 0 Å². The van der Waals surface area contributed by atoms with Gasteiger partial charge < -0.3 is 19.9 Å². The number of alkyl halides is 2. The average molecular weight is 609 g/mol. The molecule has 13 heteroatoms. The van der Waals surface area contributed by atoms with Gasteiger partial charge in [-0.3, -0.25) is 14.3 Å². The Morgan fingerprint density at radius 1 is 0.976 bits per heavy atom. The monoisotopic (exact) mass is 608 g/mol. The molecule has 2 heterocycles. The molecule has 2 aliphatic heterocycles. The Hall–Kier alpha value is -3.19. The maximum absolute atomic E-state index is 13.6. The summed E-state index contributed by atoms with van der Waals surface area (Å²) in [5.41, 5.74) is 2.50. The van der Waals surface area contributed by atoms with E-state index in [2.05, 4.69) is 28.0 Å². The van der Waals surface area contributed by atoms with Crippen molar-refractivity contribution in [1.29, 1.82) is 0 Å². The number of nitrogens with one attached hydrogen (secondary N) is 2. The van der Waals surface area contributed by atoms with Crippen LogP contribution < -0.4 is 19.8 Å². The molecular weight excluding hydrogens is 570 g/mol. The lowest BCUT2D eigenvalue weighted by molar-refractivity contribution is -0.139. The van der Waals surface area contributed by atoms with Gasteiger partial charge in [0.25, 0.3) is 11.8 Å². The van der Waals surface area contributed by atoms with E-state index in [9.17, 15) is 26.8 Å². The molecule has 0 saturated carbocycles. The SMILES string of the molecule is CCOC(=O)CS(=O)(=O)Nc1ccc(C(=O)Nc2cccc(N3CCC(F)(F)CC3)c2)c(N2CC[Si](C)(C)CC2)c1. The number of hydrogen-bond donors (Lipinski definition) is 2. The molecule has 224 valence electrons. The molecule has 2 N–H and O–H groups in total. The first-order valence-corrected chi connectivity index (χ1v) is 18.9. The van der Waals surface area contributed by atoms with E-state index in [0.29, 0.717) is 16.9 Å². The Labute approximate surface area is 241 Å². The van der Waals surface area contributed by atoms with Gasteiger partial charge in [0.15, 0.2) is 5.75 Å². The topological polar surface area (TPSA) is 108 Å². The van der Waals surface area contributed by atoms with Crippen LogP contribution in [0.3, 0.4) is 0 Å². The molecule has 2 aliphatic rings. The lowest BCUT2D eigenvalue weighted by Gasteiger charge is -2.38. The van der Waals surface area contributed by atoms with E-state index in [4.69, 9.17) is 4.74 Å². The number of amides is 1. The van der Waals surface area contributed by atoms with E-state index >= 15 is 0 Å². The van der Waals surface area contributed by atoms with Crippen LogP contribution in [0.2, 0.25) is 25.2 Å². The molecule has 4 rings (SSSR count). The van der Waals surface area contributed by atoms with Gasteiger partial charge in [-0.1, -0.05) is 19.2 Å². The second-order valence-electron chi connectivity index (χ2n) is 11.4. The van der Waals surface area contributed by atoms with Crippen molar-refractivity contribution in [2.45, 2.75) is 50.9 Å². The molecule has 41 heavy (non-hydrogen) atoms. The van der Waals surface area contributed by atoms with Crippen molar-refractivity contribution in [2.75, 3.05) is 58.4 Å². The van der Waals surface area contributed by atoms with E-state index in [-0.39, 0.29) is 44.1 Å². The van der Waals surface area contributed by atoms with E-state index < -0.39 is 35.7 Å². The molecule has 2 saturated heterocycles. The molecule has 2 fully saturated rings. The smallest absolute Gasteiger partial charge is 0.323 e. The lowest BCUT2D eigenvalue weighted by atomic mass is 10.1. The van der Waals surface area contributed by atoms with Crippen molar-refractivity contribution in [1.82, 2.24) is 0 Å². The molecule has 0 unspecified atom stereocenters. The highest BCUT2D eigenvalue weighted by Gasteiger charge is 2.34. The normalized spacial score (nSPS) is 18.5. The lowest BCUT2D eigenvalue weighted by Crippen LogP contribution is -2.43. The van der Waals surface area contributed by atoms with Crippen molar-refractivity contribution >= 4 is 52.7 Å². The minimum Gasteiger partial charge on any atom is -0.465 e. The number of esters is 1. The molecule has 0 atom stereocenters. The number of benzene rings is 2. The summed E-state index contributed by atoms with van der Waals surface area (Å²) in [5.74, 6) is -4.68. The fraction of sp³-hybridized carbons (Fsp3) is 0.500. The summed E-state index contributed by atoms with van der Waals surface area (Å²) in [6.45, 7) is 8.28. The molecule has 0 spiro atoms. The van der Waals surface area contributed by atoms with Crippen LogP contribution in [0.5, 0.6) is 0 Å².